The summed E-state index contributed by atoms with van der Waals surface area (Å²) in [6.07, 6.45) is 9.16. The van der Waals surface area contributed by atoms with Crippen molar-refractivity contribution in [3.8, 4) is 0 Å². The molecular weight excluding hydrogens is 396 g/mol. The molecule has 1 fully saturated rings. The smallest absolute Gasteiger partial charge is 0.138 e. The zero-order valence-electron chi connectivity index (χ0n) is 20.9. The van der Waals surface area contributed by atoms with Crippen molar-refractivity contribution < 1.29 is 28.5 Å². The molecule has 0 aliphatic heterocycles. The fourth-order valence-electron chi connectivity index (χ4n) is 4.93. The van der Waals surface area contributed by atoms with E-state index in [9.17, 15) is 4.79 Å². The van der Waals surface area contributed by atoms with Gasteiger partial charge in [0.15, 0.2) is 0 Å². The molecule has 0 bridgehead atoms. The van der Waals surface area contributed by atoms with Gasteiger partial charge in [0.25, 0.3) is 0 Å². The number of Topliss-reactive ketones (excluding diaryl/α,β-unsaturated/α-hetero) is 1. The Morgan fingerprint density at radius 1 is 0.806 bits per heavy atom. The minimum atomic E-state index is -0.320. The van der Waals surface area contributed by atoms with Gasteiger partial charge in [0.05, 0.1) is 25.9 Å². The van der Waals surface area contributed by atoms with Gasteiger partial charge in [0, 0.05) is 40.8 Å². The van der Waals surface area contributed by atoms with Crippen LogP contribution in [0, 0.1) is 17.8 Å². The lowest BCUT2D eigenvalue weighted by Gasteiger charge is -2.40. The van der Waals surface area contributed by atoms with Crippen LogP contribution in [0.3, 0.4) is 0 Å². The second-order valence-corrected chi connectivity index (χ2v) is 9.02. The van der Waals surface area contributed by atoms with Gasteiger partial charge >= 0.3 is 0 Å². The SMILES string of the molecule is CCCCCC1CC(=O)C(C(COC)OC(COC)C(COC)OC)CC1CCCC. The number of hydrogen-bond acceptors (Lipinski definition) is 6. The van der Waals surface area contributed by atoms with E-state index >= 15 is 0 Å². The third kappa shape index (κ3) is 9.87. The number of rotatable bonds is 18. The highest BCUT2D eigenvalue weighted by Gasteiger charge is 2.41. The molecule has 0 aromatic carbocycles. The molecule has 0 aromatic rings. The molecule has 0 N–H and O–H groups in total. The normalized spacial score (nSPS) is 24.8. The molecule has 0 heterocycles. The van der Waals surface area contributed by atoms with Crippen LogP contribution >= 0.6 is 0 Å². The van der Waals surface area contributed by atoms with Gasteiger partial charge in [-0.25, -0.2) is 0 Å². The second kappa shape index (κ2) is 17.0. The summed E-state index contributed by atoms with van der Waals surface area (Å²) in [5.74, 6) is 1.29. The summed E-state index contributed by atoms with van der Waals surface area (Å²) in [6, 6.07) is 0. The Labute approximate surface area is 190 Å². The fourth-order valence-corrected chi connectivity index (χ4v) is 4.93. The first-order valence-corrected chi connectivity index (χ1v) is 12.2. The van der Waals surface area contributed by atoms with Crippen LogP contribution in [-0.4, -0.2) is 72.4 Å². The third-order valence-electron chi connectivity index (χ3n) is 6.72. The number of ether oxygens (including phenoxy) is 5. The first-order chi connectivity index (χ1) is 15.1. The second-order valence-electron chi connectivity index (χ2n) is 9.02. The maximum atomic E-state index is 13.3. The van der Waals surface area contributed by atoms with E-state index in [1.807, 2.05) is 0 Å². The molecule has 0 aromatic heterocycles. The van der Waals surface area contributed by atoms with E-state index < -0.39 is 0 Å². The average Bonchev–Trinajstić information content (AvgIpc) is 2.76. The Balaban J connectivity index is 2.95. The topological polar surface area (TPSA) is 63.2 Å². The van der Waals surface area contributed by atoms with Gasteiger partial charge in [-0.2, -0.15) is 0 Å². The first-order valence-electron chi connectivity index (χ1n) is 12.2. The van der Waals surface area contributed by atoms with Crippen LogP contribution in [0.4, 0.5) is 0 Å². The van der Waals surface area contributed by atoms with Crippen LogP contribution in [0.5, 0.6) is 0 Å². The van der Waals surface area contributed by atoms with E-state index in [0.29, 0.717) is 43.9 Å². The van der Waals surface area contributed by atoms with Crippen LogP contribution in [-0.2, 0) is 28.5 Å². The van der Waals surface area contributed by atoms with Crippen LogP contribution < -0.4 is 0 Å². The van der Waals surface area contributed by atoms with Gasteiger partial charge in [-0.3, -0.25) is 4.79 Å². The number of ketones is 1. The quantitative estimate of drug-likeness (QED) is 0.286. The molecule has 1 aliphatic rings. The number of hydrogen-bond donors (Lipinski definition) is 0. The van der Waals surface area contributed by atoms with Crippen LogP contribution in [0.25, 0.3) is 0 Å². The summed E-state index contributed by atoms with van der Waals surface area (Å²) in [7, 11) is 6.60. The van der Waals surface area contributed by atoms with Gasteiger partial charge < -0.3 is 23.7 Å². The van der Waals surface area contributed by atoms with Crippen molar-refractivity contribution in [2.45, 2.75) is 89.9 Å². The van der Waals surface area contributed by atoms with Crippen molar-refractivity contribution in [1.82, 2.24) is 0 Å². The number of carbonyl (C=O) groups is 1. The Kier molecular flexibility index (Phi) is 15.6. The van der Waals surface area contributed by atoms with Crippen molar-refractivity contribution in [3.63, 3.8) is 0 Å². The highest BCUT2D eigenvalue weighted by Crippen LogP contribution is 2.40. The zero-order chi connectivity index (χ0) is 23.1. The van der Waals surface area contributed by atoms with Gasteiger partial charge in [0.1, 0.15) is 18.0 Å². The molecule has 6 nitrogen and oxygen atoms in total. The Hall–Kier alpha value is -0.530. The minimum absolute atomic E-state index is 0.136. The largest absolute Gasteiger partial charge is 0.382 e. The van der Waals surface area contributed by atoms with Crippen molar-refractivity contribution in [2.24, 2.45) is 17.8 Å². The summed E-state index contributed by atoms with van der Waals surface area (Å²) in [5, 5.41) is 0. The van der Waals surface area contributed by atoms with Crippen molar-refractivity contribution in [1.29, 1.82) is 0 Å². The van der Waals surface area contributed by atoms with Crippen LogP contribution in [0.15, 0.2) is 0 Å². The minimum Gasteiger partial charge on any atom is -0.382 e. The molecule has 6 atom stereocenters. The van der Waals surface area contributed by atoms with Crippen LogP contribution in [0.2, 0.25) is 0 Å². The lowest BCUT2D eigenvalue weighted by molar-refractivity contribution is -0.166. The van der Waals surface area contributed by atoms with E-state index in [-0.39, 0.29) is 24.2 Å². The number of unbranched alkanes of at least 4 members (excludes halogenated alkanes) is 3. The number of methoxy groups -OCH3 is 4. The molecule has 6 unspecified atom stereocenters. The van der Waals surface area contributed by atoms with E-state index in [2.05, 4.69) is 13.8 Å². The molecular formula is C25H48O6. The van der Waals surface area contributed by atoms with E-state index in [0.717, 1.165) is 6.42 Å². The van der Waals surface area contributed by atoms with Gasteiger partial charge in [-0.05, 0) is 24.7 Å². The van der Waals surface area contributed by atoms with Gasteiger partial charge in [0.2, 0.25) is 0 Å². The predicted molar refractivity (Wildman–Crippen MR) is 123 cm³/mol. The average molecular weight is 445 g/mol. The zero-order valence-corrected chi connectivity index (χ0v) is 20.9. The lowest BCUT2D eigenvalue weighted by Crippen LogP contribution is -2.47. The molecule has 31 heavy (non-hydrogen) atoms. The molecule has 1 rings (SSSR count). The Morgan fingerprint density at radius 3 is 2.00 bits per heavy atom. The molecule has 0 amide bonds. The molecule has 0 saturated heterocycles. The van der Waals surface area contributed by atoms with Gasteiger partial charge in [-0.1, -0.05) is 52.4 Å². The Bertz CT molecular complexity index is 457. The predicted octanol–water partition coefficient (Wildman–Crippen LogP) is 4.68. The van der Waals surface area contributed by atoms with E-state index in [1.165, 1.54) is 44.9 Å². The maximum absolute atomic E-state index is 13.3. The summed E-state index contributed by atoms with van der Waals surface area (Å²) in [5.41, 5.74) is 0. The molecule has 0 spiro atoms. The van der Waals surface area contributed by atoms with E-state index in [4.69, 9.17) is 23.7 Å². The number of carbonyl (C=O) groups excluding carboxylic acids is 1. The van der Waals surface area contributed by atoms with Crippen molar-refractivity contribution in [3.05, 3.63) is 0 Å². The molecule has 0 radical (unpaired) electrons. The lowest BCUT2D eigenvalue weighted by atomic mass is 9.68. The highest BCUT2D eigenvalue weighted by atomic mass is 16.6. The summed E-state index contributed by atoms with van der Waals surface area (Å²) >= 11 is 0. The Morgan fingerprint density at radius 2 is 1.42 bits per heavy atom. The fraction of sp³-hybridized carbons (Fsp3) is 0.960. The van der Waals surface area contributed by atoms with E-state index in [1.54, 1.807) is 28.4 Å². The monoisotopic (exact) mass is 444 g/mol. The van der Waals surface area contributed by atoms with Gasteiger partial charge in [-0.15, -0.1) is 0 Å². The first kappa shape index (κ1) is 28.5. The van der Waals surface area contributed by atoms with Crippen molar-refractivity contribution >= 4 is 5.78 Å². The van der Waals surface area contributed by atoms with Crippen molar-refractivity contribution in [2.75, 3.05) is 48.3 Å². The maximum Gasteiger partial charge on any atom is 0.138 e. The standard InChI is InChI=1S/C25H48O6/c1-7-9-11-13-20-15-22(26)21(14-19(20)12-10-8-2)23(16-27-3)31-25(18-29-5)24(30-6)17-28-4/h19-21,23-25H,7-18H2,1-6H3. The summed E-state index contributed by atoms with van der Waals surface area (Å²) in [4.78, 5) is 13.3. The highest BCUT2D eigenvalue weighted by molar-refractivity contribution is 5.82. The summed E-state index contributed by atoms with van der Waals surface area (Å²) < 4.78 is 28.2. The third-order valence-corrected chi connectivity index (χ3v) is 6.72. The molecule has 1 saturated carbocycles. The molecule has 184 valence electrons. The summed E-state index contributed by atoms with van der Waals surface area (Å²) in [6.45, 7) is 5.64. The molecule has 6 heteroatoms. The van der Waals surface area contributed by atoms with Crippen LogP contribution in [0.1, 0.15) is 71.6 Å². The molecule has 1 aliphatic carbocycles.